The minimum Gasteiger partial charge on any atom is -0.497 e. The largest absolute Gasteiger partial charge is 0.497 e. The van der Waals surface area contributed by atoms with Gasteiger partial charge in [0.1, 0.15) is 22.8 Å². The molecule has 3 aromatic carbocycles. The second-order valence-corrected chi connectivity index (χ2v) is 9.61. The van der Waals surface area contributed by atoms with Gasteiger partial charge in [-0.2, -0.15) is 0 Å². The van der Waals surface area contributed by atoms with Gasteiger partial charge < -0.3 is 13.9 Å². The number of nitrogens with zero attached hydrogens (tertiary/aromatic N) is 2. The van der Waals surface area contributed by atoms with Crippen molar-refractivity contribution in [2.45, 2.75) is 26.9 Å². The Morgan fingerprint density at radius 2 is 1.63 bits per heavy atom. The summed E-state index contributed by atoms with van der Waals surface area (Å²) in [7, 11) is 1.66. The maximum absolute atomic E-state index is 6.28. The van der Waals surface area contributed by atoms with Gasteiger partial charge in [-0.1, -0.05) is 41.7 Å². The third-order valence-corrected chi connectivity index (χ3v) is 6.37. The quantitative estimate of drug-likeness (QED) is 0.251. The number of aromatic nitrogens is 1. The van der Waals surface area contributed by atoms with Gasteiger partial charge >= 0.3 is 0 Å². The first-order chi connectivity index (χ1) is 17.0. The van der Waals surface area contributed by atoms with Gasteiger partial charge in [-0.15, -0.1) is 0 Å². The number of hydrogen-bond donors (Lipinski definition) is 0. The first-order valence-corrected chi connectivity index (χ1v) is 12.3. The van der Waals surface area contributed by atoms with Crippen LogP contribution >= 0.6 is 11.3 Å². The minimum absolute atomic E-state index is 0.0680. The first kappa shape index (κ1) is 22.9. The van der Waals surface area contributed by atoms with E-state index in [-0.39, 0.29) is 6.10 Å². The van der Waals surface area contributed by atoms with Gasteiger partial charge in [0, 0.05) is 27.5 Å². The van der Waals surface area contributed by atoms with Crippen molar-refractivity contribution in [1.82, 2.24) is 4.98 Å². The molecule has 0 fully saturated rings. The molecule has 0 saturated carbocycles. The highest BCUT2D eigenvalue weighted by atomic mass is 32.1. The molecule has 0 aliphatic carbocycles. The van der Waals surface area contributed by atoms with Crippen LogP contribution in [0.3, 0.4) is 0 Å². The van der Waals surface area contributed by atoms with Crippen LogP contribution in [-0.2, 0) is 0 Å². The van der Waals surface area contributed by atoms with Crippen LogP contribution in [0.1, 0.15) is 18.7 Å². The molecule has 0 unspecified atom stereocenters. The molecule has 0 radical (unpaired) electrons. The molecule has 0 aliphatic rings. The van der Waals surface area contributed by atoms with Crippen molar-refractivity contribution in [3.63, 3.8) is 0 Å². The molecule has 0 amide bonds. The second kappa shape index (κ2) is 9.76. The van der Waals surface area contributed by atoms with Crippen molar-refractivity contribution in [3.8, 4) is 34.1 Å². The number of aryl methyl sites for hydroxylation is 1. The summed E-state index contributed by atoms with van der Waals surface area (Å²) in [6.45, 7) is 6.10. The molecule has 2 heterocycles. The zero-order valence-corrected chi connectivity index (χ0v) is 20.9. The average molecular weight is 483 g/mol. The predicted molar refractivity (Wildman–Crippen MR) is 141 cm³/mol. The van der Waals surface area contributed by atoms with E-state index in [2.05, 4.69) is 19.1 Å². The summed E-state index contributed by atoms with van der Waals surface area (Å²) in [5, 5.41) is 2.35. The predicted octanol–water partition coefficient (Wildman–Crippen LogP) is 7.56. The van der Waals surface area contributed by atoms with Gasteiger partial charge in [0.2, 0.25) is 5.13 Å². The second-order valence-electron chi connectivity index (χ2n) is 8.43. The summed E-state index contributed by atoms with van der Waals surface area (Å²) < 4.78 is 17.5. The van der Waals surface area contributed by atoms with Gasteiger partial charge in [-0.05, 0) is 63.2 Å². The molecule has 176 valence electrons. The van der Waals surface area contributed by atoms with Crippen LogP contribution in [0.15, 0.2) is 88.3 Å². The van der Waals surface area contributed by atoms with Gasteiger partial charge in [0.05, 0.1) is 24.3 Å². The van der Waals surface area contributed by atoms with Crippen LogP contribution in [-0.4, -0.2) is 18.2 Å². The lowest BCUT2D eigenvalue weighted by molar-refractivity contribution is 0.242. The molecule has 0 bridgehead atoms. The molecule has 5 nitrogen and oxygen atoms in total. The topological polar surface area (TPSA) is 56.9 Å². The van der Waals surface area contributed by atoms with E-state index in [4.69, 9.17) is 23.9 Å². The third-order valence-electron chi connectivity index (χ3n) is 5.51. The normalized spacial score (nSPS) is 11.9. The van der Waals surface area contributed by atoms with Gasteiger partial charge in [0.15, 0.2) is 0 Å². The summed E-state index contributed by atoms with van der Waals surface area (Å²) >= 11 is 1.58. The molecule has 5 aromatic rings. The summed E-state index contributed by atoms with van der Waals surface area (Å²) in [5.41, 5.74) is 3.71. The van der Waals surface area contributed by atoms with Crippen molar-refractivity contribution in [2.75, 3.05) is 7.11 Å². The summed E-state index contributed by atoms with van der Waals surface area (Å²) in [4.78, 5) is 11.0. The van der Waals surface area contributed by atoms with Crippen molar-refractivity contribution >= 4 is 27.4 Å². The highest BCUT2D eigenvalue weighted by Gasteiger charge is 2.12. The van der Waals surface area contributed by atoms with E-state index >= 15 is 0 Å². The third kappa shape index (κ3) is 4.98. The van der Waals surface area contributed by atoms with Gasteiger partial charge in [-0.3, -0.25) is 0 Å². The smallest absolute Gasteiger partial charge is 0.210 e. The number of methoxy groups -OCH3 is 1. The molecule has 0 N–H and O–H groups in total. The Morgan fingerprint density at radius 1 is 0.886 bits per heavy atom. The summed E-state index contributed by atoms with van der Waals surface area (Å²) in [6, 6.07) is 25.8. The SMILES string of the molecule is COc1ccc(-c2cc(=Nc3nc(-c4ccccc4)c(C)s3)c3cc(OC(C)C)ccc3o2)cc1. The average Bonchev–Trinajstić information content (AvgIpc) is 3.24. The van der Waals surface area contributed by atoms with Crippen molar-refractivity contribution in [1.29, 1.82) is 0 Å². The number of benzene rings is 3. The lowest BCUT2D eigenvalue weighted by Gasteiger charge is -2.11. The van der Waals surface area contributed by atoms with Crippen LogP contribution < -0.4 is 14.8 Å². The Bertz CT molecular complexity index is 1530. The first-order valence-electron chi connectivity index (χ1n) is 11.5. The maximum atomic E-state index is 6.28. The number of thiazole rings is 1. The Balaban J connectivity index is 1.68. The number of ether oxygens (including phenoxy) is 2. The lowest BCUT2D eigenvalue weighted by Crippen LogP contribution is -2.07. The van der Waals surface area contributed by atoms with E-state index in [9.17, 15) is 0 Å². The zero-order valence-electron chi connectivity index (χ0n) is 20.1. The lowest BCUT2D eigenvalue weighted by atomic mass is 10.1. The molecule has 0 aliphatic heterocycles. The Hall–Kier alpha value is -3.90. The van der Waals surface area contributed by atoms with Crippen molar-refractivity contribution in [2.24, 2.45) is 4.99 Å². The molecular weight excluding hydrogens is 456 g/mol. The van der Waals surface area contributed by atoms with Crippen LogP contribution in [0.2, 0.25) is 0 Å². The molecule has 5 rings (SSSR count). The number of hydrogen-bond acceptors (Lipinski definition) is 6. The molecule has 0 atom stereocenters. The fourth-order valence-electron chi connectivity index (χ4n) is 3.88. The van der Waals surface area contributed by atoms with Crippen LogP contribution in [0, 0.1) is 6.92 Å². The minimum atomic E-state index is 0.0680. The molecule has 0 spiro atoms. The summed E-state index contributed by atoms with van der Waals surface area (Å²) in [5.74, 6) is 2.28. The van der Waals surface area contributed by atoms with E-state index in [0.717, 1.165) is 49.5 Å². The van der Waals surface area contributed by atoms with Crippen LogP contribution in [0.25, 0.3) is 33.6 Å². The van der Waals surface area contributed by atoms with E-state index in [1.54, 1.807) is 18.4 Å². The zero-order chi connectivity index (χ0) is 24.4. The van der Waals surface area contributed by atoms with E-state index < -0.39 is 0 Å². The van der Waals surface area contributed by atoms with Crippen molar-refractivity contribution in [3.05, 3.63) is 89.1 Å². The fraction of sp³-hybridized carbons (Fsp3) is 0.172. The van der Waals surface area contributed by atoms with Crippen LogP contribution in [0.5, 0.6) is 11.5 Å². The monoisotopic (exact) mass is 482 g/mol. The van der Waals surface area contributed by atoms with Gasteiger partial charge in [-0.25, -0.2) is 9.98 Å². The van der Waals surface area contributed by atoms with Crippen LogP contribution in [0.4, 0.5) is 5.13 Å². The highest BCUT2D eigenvalue weighted by molar-refractivity contribution is 7.15. The molecular formula is C29H26N2O3S. The molecule has 0 saturated heterocycles. The summed E-state index contributed by atoms with van der Waals surface area (Å²) in [6.07, 6.45) is 0.0680. The maximum Gasteiger partial charge on any atom is 0.210 e. The molecule has 6 heteroatoms. The van der Waals surface area contributed by atoms with Crippen molar-refractivity contribution < 1.29 is 13.9 Å². The Kier molecular flexibility index (Phi) is 6.38. The number of rotatable bonds is 6. The highest BCUT2D eigenvalue weighted by Crippen LogP contribution is 2.32. The van der Waals surface area contributed by atoms with E-state index in [1.165, 1.54) is 0 Å². The Morgan fingerprint density at radius 3 is 2.34 bits per heavy atom. The molecule has 2 aromatic heterocycles. The Labute approximate surface area is 208 Å². The fourth-order valence-corrected chi connectivity index (χ4v) is 4.70. The number of fused-ring (bicyclic) bond motifs is 1. The van der Waals surface area contributed by atoms with E-state index in [0.29, 0.717) is 10.9 Å². The standard InChI is InChI=1S/C29H26N2O3S/c1-18(2)33-23-14-15-26-24(16-23)25(17-27(34-26)20-10-12-22(32-4)13-11-20)30-29-31-28(19(3)35-29)21-8-6-5-7-9-21/h5-18H,1-4H3. The van der Waals surface area contributed by atoms with E-state index in [1.807, 2.05) is 80.6 Å². The van der Waals surface area contributed by atoms with Gasteiger partial charge in [0.25, 0.3) is 0 Å². The molecule has 35 heavy (non-hydrogen) atoms.